The van der Waals surface area contributed by atoms with Gasteiger partial charge in [0.15, 0.2) is 0 Å². The molecule has 0 atom stereocenters. The van der Waals surface area contributed by atoms with E-state index in [0.29, 0.717) is 27.1 Å². The molecular formula is C17H15BrF3N5O. The van der Waals surface area contributed by atoms with Crippen molar-refractivity contribution in [3.63, 3.8) is 0 Å². The molecule has 0 aliphatic heterocycles. The van der Waals surface area contributed by atoms with Gasteiger partial charge in [-0.1, -0.05) is 12.1 Å². The zero-order valence-corrected chi connectivity index (χ0v) is 16.0. The summed E-state index contributed by atoms with van der Waals surface area (Å²) in [5, 5.41) is 10.9. The molecule has 6 nitrogen and oxygen atoms in total. The highest BCUT2D eigenvalue weighted by atomic mass is 79.9. The third-order valence-corrected chi connectivity index (χ3v) is 4.80. The van der Waals surface area contributed by atoms with Crippen LogP contribution >= 0.6 is 15.9 Å². The smallest absolute Gasteiger partial charge is 0.318 e. The van der Waals surface area contributed by atoms with E-state index in [2.05, 4.69) is 31.4 Å². The molecule has 2 aromatic heterocycles. The molecule has 142 valence electrons. The van der Waals surface area contributed by atoms with E-state index in [4.69, 9.17) is 0 Å². The first-order valence-corrected chi connectivity index (χ1v) is 8.63. The van der Waals surface area contributed by atoms with Gasteiger partial charge in [0, 0.05) is 13.2 Å². The summed E-state index contributed by atoms with van der Waals surface area (Å²) in [6.07, 6.45) is -1.41. The highest BCUT2D eigenvalue weighted by Crippen LogP contribution is 2.29. The van der Waals surface area contributed by atoms with Gasteiger partial charge in [-0.25, -0.2) is 0 Å². The number of anilines is 1. The van der Waals surface area contributed by atoms with Gasteiger partial charge in [0.1, 0.15) is 5.69 Å². The fraction of sp³-hybridized carbons (Fsp3) is 0.235. The van der Waals surface area contributed by atoms with Crippen LogP contribution in [0.4, 0.5) is 18.9 Å². The second kappa shape index (κ2) is 7.18. The Morgan fingerprint density at radius 2 is 2.07 bits per heavy atom. The van der Waals surface area contributed by atoms with E-state index in [1.807, 2.05) is 0 Å². The fourth-order valence-corrected chi connectivity index (χ4v) is 3.13. The lowest BCUT2D eigenvalue weighted by Crippen LogP contribution is -2.16. The maximum absolute atomic E-state index is 12.8. The van der Waals surface area contributed by atoms with Crippen LogP contribution in [-0.4, -0.2) is 25.5 Å². The number of carbonyl (C=O) groups is 1. The first-order valence-electron chi connectivity index (χ1n) is 7.84. The van der Waals surface area contributed by atoms with Crippen LogP contribution in [0.5, 0.6) is 0 Å². The van der Waals surface area contributed by atoms with Crippen molar-refractivity contribution in [1.82, 2.24) is 19.6 Å². The Balaban J connectivity index is 1.73. The molecule has 1 amide bonds. The van der Waals surface area contributed by atoms with Crippen LogP contribution in [0.2, 0.25) is 0 Å². The molecule has 0 aliphatic rings. The van der Waals surface area contributed by atoms with Crippen molar-refractivity contribution >= 4 is 27.5 Å². The molecule has 0 radical (unpaired) electrons. The molecule has 0 aliphatic carbocycles. The number of rotatable bonds is 4. The van der Waals surface area contributed by atoms with E-state index in [9.17, 15) is 18.0 Å². The molecule has 0 saturated heterocycles. The molecule has 3 aromatic rings. The summed E-state index contributed by atoms with van der Waals surface area (Å²) in [4.78, 5) is 12.4. The number of alkyl halides is 3. The fourth-order valence-electron chi connectivity index (χ4n) is 2.62. The van der Waals surface area contributed by atoms with Crippen LogP contribution in [0.25, 0.3) is 0 Å². The number of amides is 1. The minimum atomic E-state index is -4.39. The molecule has 1 N–H and O–H groups in total. The van der Waals surface area contributed by atoms with Crippen LogP contribution in [0, 0.1) is 6.92 Å². The number of benzene rings is 1. The van der Waals surface area contributed by atoms with Gasteiger partial charge in [-0.05, 0) is 40.5 Å². The summed E-state index contributed by atoms with van der Waals surface area (Å²) in [7, 11) is 1.66. The molecule has 0 fully saturated rings. The second-order valence-electron chi connectivity index (χ2n) is 5.95. The van der Waals surface area contributed by atoms with Crippen LogP contribution in [-0.2, 0) is 19.8 Å². The summed E-state index contributed by atoms with van der Waals surface area (Å²) >= 11 is 3.33. The first kappa shape index (κ1) is 19.2. The number of carbonyl (C=O) groups excluding carboxylic acids is 1. The van der Waals surface area contributed by atoms with Crippen LogP contribution in [0.3, 0.4) is 0 Å². The normalized spacial score (nSPS) is 11.6. The average Bonchev–Trinajstić information content (AvgIpc) is 3.11. The van der Waals surface area contributed by atoms with Gasteiger partial charge in [0.05, 0.1) is 34.2 Å². The Hall–Kier alpha value is -2.62. The van der Waals surface area contributed by atoms with Gasteiger partial charge in [0.25, 0.3) is 5.91 Å². The first-order chi connectivity index (χ1) is 12.6. The number of aryl methyl sites for hydroxylation is 2. The van der Waals surface area contributed by atoms with E-state index in [1.165, 1.54) is 21.6 Å². The maximum atomic E-state index is 12.8. The molecule has 3 rings (SSSR count). The van der Waals surface area contributed by atoms with Gasteiger partial charge in [-0.3, -0.25) is 14.2 Å². The van der Waals surface area contributed by atoms with Crippen molar-refractivity contribution in [2.75, 3.05) is 5.32 Å². The summed E-state index contributed by atoms with van der Waals surface area (Å²) in [6.45, 7) is 1.92. The van der Waals surface area contributed by atoms with Crippen molar-refractivity contribution in [3.8, 4) is 0 Å². The Kier molecular flexibility index (Phi) is 5.09. The summed E-state index contributed by atoms with van der Waals surface area (Å²) < 4.78 is 41.9. The predicted molar refractivity (Wildman–Crippen MR) is 96.4 cm³/mol. The lowest BCUT2D eigenvalue weighted by Gasteiger charge is -2.08. The molecule has 0 saturated carbocycles. The Labute approximate surface area is 161 Å². The van der Waals surface area contributed by atoms with Crippen molar-refractivity contribution < 1.29 is 18.0 Å². The lowest BCUT2D eigenvalue weighted by atomic mass is 10.1. The van der Waals surface area contributed by atoms with Crippen molar-refractivity contribution in [2.45, 2.75) is 19.6 Å². The van der Waals surface area contributed by atoms with Gasteiger partial charge >= 0.3 is 6.18 Å². The number of hydrogen-bond acceptors (Lipinski definition) is 3. The minimum Gasteiger partial charge on any atom is -0.318 e. The van der Waals surface area contributed by atoms with E-state index >= 15 is 0 Å². The molecule has 10 heteroatoms. The number of hydrogen-bond donors (Lipinski definition) is 1. The molecule has 0 spiro atoms. The third kappa shape index (κ3) is 4.21. The lowest BCUT2D eigenvalue weighted by molar-refractivity contribution is -0.137. The van der Waals surface area contributed by atoms with Gasteiger partial charge in [0.2, 0.25) is 0 Å². The van der Waals surface area contributed by atoms with E-state index < -0.39 is 11.7 Å². The molecule has 1 aromatic carbocycles. The van der Waals surface area contributed by atoms with Gasteiger partial charge in [-0.15, -0.1) is 0 Å². The Bertz CT molecular complexity index is 993. The molecular weight excluding hydrogens is 427 g/mol. The topological polar surface area (TPSA) is 64.7 Å². The third-order valence-electron chi connectivity index (χ3n) is 3.85. The standard InChI is InChI=1S/C17H15BrF3N5O/c1-10-14(18)15(25(2)24-10)16(27)23-13-7-22-26(9-13)8-11-4-3-5-12(6-11)17(19,20)21/h3-7,9H,8H2,1-2H3,(H,23,27). The highest BCUT2D eigenvalue weighted by Gasteiger charge is 2.30. The molecule has 27 heavy (non-hydrogen) atoms. The van der Waals surface area contributed by atoms with Crippen molar-refractivity contribution in [2.24, 2.45) is 7.05 Å². The zero-order valence-electron chi connectivity index (χ0n) is 14.4. The van der Waals surface area contributed by atoms with E-state index in [1.54, 1.807) is 26.2 Å². The summed E-state index contributed by atoms with van der Waals surface area (Å²) in [5.74, 6) is -0.372. The average molecular weight is 442 g/mol. The Morgan fingerprint density at radius 3 is 2.70 bits per heavy atom. The quantitative estimate of drug-likeness (QED) is 0.665. The molecule has 0 bridgehead atoms. The van der Waals surface area contributed by atoms with Crippen molar-refractivity contribution in [3.05, 3.63) is 63.6 Å². The number of nitrogens with one attached hydrogen (secondary N) is 1. The molecule has 2 heterocycles. The highest BCUT2D eigenvalue weighted by molar-refractivity contribution is 9.10. The monoisotopic (exact) mass is 441 g/mol. The van der Waals surface area contributed by atoms with E-state index in [0.717, 1.165) is 12.1 Å². The predicted octanol–water partition coefficient (Wildman–Crippen LogP) is 4.01. The minimum absolute atomic E-state index is 0.147. The van der Waals surface area contributed by atoms with Crippen LogP contribution in [0.15, 0.2) is 41.1 Å². The van der Waals surface area contributed by atoms with Crippen LogP contribution < -0.4 is 5.32 Å². The Morgan fingerprint density at radius 1 is 1.33 bits per heavy atom. The van der Waals surface area contributed by atoms with Crippen molar-refractivity contribution in [1.29, 1.82) is 0 Å². The maximum Gasteiger partial charge on any atom is 0.416 e. The number of nitrogens with zero attached hydrogens (tertiary/aromatic N) is 4. The summed E-state index contributed by atoms with van der Waals surface area (Å²) in [5.41, 5.74) is 1.21. The number of halogens is 4. The van der Waals surface area contributed by atoms with Crippen LogP contribution in [0.1, 0.15) is 27.3 Å². The second-order valence-corrected chi connectivity index (χ2v) is 6.74. The van der Waals surface area contributed by atoms with E-state index in [-0.39, 0.29) is 12.5 Å². The largest absolute Gasteiger partial charge is 0.416 e. The van der Waals surface area contributed by atoms with Gasteiger partial charge < -0.3 is 5.32 Å². The zero-order chi connectivity index (χ0) is 19.8. The summed E-state index contributed by atoms with van der Waals surface area (Å²) in [6, 6.07) is 5.04. The van der Waals surface area contributed by atoms with Gasteiger partial charge in [-0.2, -0.15) is 23.4 Å². The number of aromatic nitrogens is 4. The SMILES string of the molecule is Cc1nn(C)c(C(=O)Nc2cnn(Cc3cccc(C(F)(F)F)c3)c2)c1Br. The molecule has 0 unspecified atom stereocenters.